The van der Waals surface area contributed by atoms with Crippen molar-refractivity contribution in [2.24, 2.45) is 0 Å². The summed E-state index contributed by atoms with van der Waals surface area (Å²) in [6, 6.07) is 4.05. The van der Waals surface area contributed by atoms with Crippen LogP contribution in [0.4, 0.5) is 0 Å². The van der Waals surface area contributed by atoms with Gasteiger partial charge in [0.05, 0.1) is 11.0 Å². The number of rotatable bonds is 3. The largest absolute Gasteiger partial charge is 0.378 e. The van der Waals surface area contributed by atoms with Crippen LogP contribution in [-0.2, 0) is 11.2 Å². The molecule has 0 aliphatic carbocycles. The van der Waals surface area contributed by atoms with Gasteiger partial charge in [-0.25, -0.2) is 4.98 Å². The molecule has 4 nitrogen and oxygen atoms in total. The fourth-order valence-corrected chi connectivity index (χ4v) is 2.74. The maximum atomic E-state index is 5.70. The molecule has 1 saturated heterocycles. The van der Waals surface area contributed by atoms with E-state index in [1.54, 1.807) is 11.3 Å². The predicted molar refractivity (Wildman–Crippen MR) is 67.0 cm³/mol. The first-order valence-electron chi connectivity index (χ1n) is 5.98. The monoisotopic (exact) mass is 249 g/mol. The molecule has 0 aromatic carbocycles. The summed E-state index contributed by atoms with van der Waals surface area (Å²) in [5.41, 5.74) is 0. The Balaban J connectivity index is 1.68. The van der Waals surface area contributed by atoms with Gasteiger partial charge in [0.1, 0.15) is 5.82 Å². The molecule has 2 aromatic rings. The second kappa shape index (κ2) is 4.98. The molecule has 5 heteroatoms. The number of nitrogens with zero attached hydrogens (tertiary/aromatic N) is 2. The Bertz CT molecular complexity index is 460. The Labute approximate surface area is 104 Å². The summed E-state index contributed by atoms with van der Waals surface area (Å²) in [4.78, 5) is 5.62. The number of H-pyrrole nitrogens is 1. The Morgan fingerprint density at radius 2 is 2.47 bits per heavy atom. The number of hydrogen-bond donors (Lipinski definition) is 1. The zero-order chi connectivity index (χ0) is 11.5. The van der Waals surface area contributed by atoms with Crippen molar-refractivity contribution in [2.45, 2.75) is 31.8 Å². The standard InChI is InChI=1S/C12H15N3OS/c1-2-6-16-9(4-1)8-11-13-12(15-14-11)10-5-3-7-17-10/h3,5,7,9H,1-2,4,6,8H2,(H,13,14,15). The van der Waals surface area contributed by atoms with Crippen LogP contribution in [-0.4, -0.2) is 27.9 Å². The summed E-state index contributed by atoms with van der Waals surface area (Å²) in [5, 5.41) is 9.29. The molecule has 1 fully saturated rings. The van der Waals surface area contributed by atoms with Crippen LogP contribution in [0.5, 0.6) is 0 Å². The van der Waals surface area contributed by atoms with Crippen molar-refractivity contribution in [3.8, 4) is 10.7 Å². The topological polar surface area (TPSA) is 50.8 Å². The lowest BCUT2D eigenvalue weighted by atomic mass is 10.1. The Morgan fingerprint density at radius 1 is 1.47 bits per heavy atom. The number of aromatic nitrogens is 3. The number of aromatic amines is 1. The highest BCUT2D eigenvalue weighted by Gasteiger charge is 2.16. The minimum Gasteiger partial charge on any atom is -0.378 e. The molecule has 3 heterocycles. The molecular formula is C12H15N3OS. The van der Waals surface area contributed by atoms with Crippen LogP contribution in [0, 0.1) is 0 Å². The molecule has 0 radical (unpaired) electrons. The highest BCUT2D eigenvalue weighted by atomic mass is 32.1. The smallest absolute Gasteiger partial charge is 0.191 e. The van der Waals surface area contributed by atoms with Crippen LogP contribution in [0.3, 0.4) is 0 Å². The van der Waals surface area contributed by atoms with E-state index in [-0.39, 0.29) is 0 Å². The van der Waals surface area contributed by atoms with E-state index in [0.29, 0.717) is 6.10 Å². The molecular weight excluding hydrogens is 234 g/mol. The second-order valence-corrected chi connectivity index (χ2v) is 5.22. The SMILES string of the molecule is c1csc(-c2n[nH]c(CC3CCCCO3)n2)c1. The molecule has 1 atom stereocenters. The highest BCUT2D eigenvalue weighted by molar-refractivity contribution is 7.13. The van der Waals surface area contributed by atoms with Gasteiger partial charge in [0.15, 0.2) is 5.82 Å². The minimum absolute atomic E-state index is 0.313. The van der Waals surface area contributed by atoms with Gasteiger partial charge in [0.25, 0.3) is 0 Å². The van der Waals surface area contributed by atoms with Gasteiger partial charge in [-0.3, -0.25) is 5.10 Å². The maximum absolute atomic E-state index is 5.70. The summed E-state index contributed by atoms with van der Waals surface area (Å²) in [6.07, 6.45) is 4.74. The van der Waals surface area contributed by atoms with Crippen molar-refractivity contribution >= 4 is 11.3 Å². The van der Waals surface area contributed by atoms with Crippen LogP contribution < -0.4 is 0 Å². The average Bonchev–Trinajstić information content (AvgIpc) is 3.00. The minimum atomic E-state index is 0.313. The van der Waals surface area contributed by atoms with Crippen molar-refractivity contribution in [1.29, 1.82) is 0 Å². The fraction of sp³-hybridized carbons (Fsp3) is 0.500. The van der Waals surface area contributed by atoms with Gasteiger partial charge in [-0.05, 0) is 30.7 Å². The Morgan fingerprint density at radius 3 is 3.24 bits per heavy atom. The molecule has 0 bridgehead atoms. The van der Waals surface area contributed by atoms with E-state index < -0.39 is 0 Å². The first-order chi connectivity index (χ1) is 8.42. The number of nitrogens with one attached hydrogen (secondary N) is 1. The molecule has 1 aliphatic heterocycles. The number of ether oxygens (including phenoxy) is 1. The van der Waals surface area contributed by atoms with Crippen LogP contribution >= 0.6 is 11.3 Å². The maximum Gasteiger partial charge on any atom is 0.191 e. The zero-order valence-corrected chi connectivity index (χ0v) is 10.4. The van der Waals surface area contributed by atoms with E-state index in [1.807, 2.05) is 17.5 Å². The fourth-order valence-electron chi connectivity index (χ4n) is 2.09. The van der Waals surface area contributed by atoms with Crippen molar-refractivity contribution in [2.75, 3.05) is 6.61 Å². The van der Waals surface area contributed by atoms with E-state index in [1.165, 1.54) is 12.8 Å². The van der Waals surface area contributed by atoms with E-state index in [2.05, 4.69) is 15.2 Å². The van der Waals surface area contributed by atoms with Crippen LogP contribution in [0.2, 0.25) is 0 Å². The third kappa shape index (κ3) is 2.56. The lowest BCUT2D eigenvalue weighted by Gasteiger charge is -2.21. The van der Waals surface area contributed by atoms with Crippen molar-refractivity contribution < 1.29 is 4.74 Å². The molecule has 17 heavy (non-hydrogen) atoms. The molecule has 2 aromatic heterocycles. The average molecular weight is 249 g/mol. The van der Waals surface area contributed by atoms with Crippen molar-refractivity contribution in [3.63, 3.8) is 0 Å². The van der Waals surface area contributed by atoms with Gasteiger partial charge in [0.2, 0.25) is 0 Å². The first-order valence-corrected chi connectivity index (χ1v) is 6.86. The summed E-state index contributed by atoms with van der Waals surface area (Å²) in [6.45, 7) is 0.886. The summed E-state index contributed by atoms with van der Waals surface area (Å²) >= 11 is 1.66. The van der Waals surface area contributed by atoms with Gasteiger partial charge in [0, 0.05) is 13.0 Å². The molecule has 3 rings (SSSR count). The van der Waals surface area contributed by atoms with Crippen LogP contribution in [0.25, 0.3) is 10.7 Å². The summed E-state index contributed by atoms with van der Waals surface area (Å²) in [7, 11) is 0. The van der Waals surface area contributed by atoms with Crippen LogP contribution in [0.15, 0.2) is 17.5 Å². The van der Waals surface area contributed by atoms with Gasteiger partial charge in [-0.1, -0.05) is 6.07 Å². The zero-order valence-electron chi connectivity index (χ0n) is 9.56. The van der Waals surface area contributed by atoms with Crippen molar-refractivity contribution in [1.82, 2.24) is 15.2 Å². The summed E-state index contributed by atoms with van der Waals surface area (Å²) < 4.78 is 5.70. The first kappa shape index (κ1) is 10.9. The van der Waals surface area contributed by atoms with Crippen molar-refractivity contribution in [3.05, 3.63) is 23.3 Å². The van der Waals surface area contributed by atoms with E-state index in [0.717, 1.165) is 36.0 Å². The van der Waals surface area contributed by atoms with E-state index >= 15 is 0 Å². The quantitative estimate of drug-likeness (QED) is 0.909. The molecule has 0 saturated carbocycles. The Hall–Kier alpha value is -1.20. The lowest BCUT2D eigenvalue weighted by molar-refractivity contribution is 0.0157. The molecule has 0 spiro atoms. The van der Waals surface area contributed by atoms with E-state index in [4.69, 9.17) is 4.74 Å². The second-order valence-electron chi connectivity index (χ2n) is 4.28. The molecule has 1 aliphatic rings. The Kier molecular flexibility index (Phi) is 3.20. The van der Waals surface area contributed by atoms with Gasteiger partial charge >= 0.3 is 0 Å². The van der Waals surface area contributed by atoms with Gasteiger partial charge in [-0.15, -0.1) is 11.3 Å². The van der Waals surface area contributed by atoms with Crippen LogP contribution in [0.1, 0.15) is 25.1 Å². The molecule has 1 unspecified atom stereocenters. The molecule has 0 amide bonds. The molecule has 1 N–H and O–H groups in total. The number of hydrogen-bond acceptors (Lipinski definition) is 4. The third-order valence-corrected chi connectivity index (χ3v) is 3.83. The molecule has 90 valence electrons. The predicted octanol–water partition coefficient (Wildman–Crippen LogP) is 2.64. The highest BCUT2D eigenvalue weighted by Crippen LogP contribution is 2.21. The number of thiophene rings is 1. The van der Waals surface area contributed by atoms with Gasteiger partial charge in [-0.2, -0.15) is 5.10 Å². The summed E-state index contributed by atoms with van der Waals surface area (Å²) in [5.74, 6) is 1.73. The third-order valence-electron chi connectivity index (χ3n) is 2.97. The lowest BCUT2D eigenvalue weighted by Crippen LogP contribution is -2.21. The van der Waals surface area contributed by atoms with E-state index in [9.17, 15) is 0 Å². The normalized spacial score (nSPS) is 20.6. The van der Waals surface area contributed by atoms with Gasteiger partial charge < -0.3 is 4.74 Å².